The number of rotatable bonds is 10. The van der Waals surface area contributed by atoms with E-state index in [0.717, 1.165) is 18.1 Å². The predicted octanol–water partition coefficient (Wildman–Crippen LogP) is 1.53. The number of benzene rings is 2. The van der Waals surface area contributed by atoms with Crippen molar-refractivity contribution >= 4 is 32.5 Å². The average molecular weight is 586 g/mol. The molecule has 212 valence electrons. The van der Waals surface area contributed by atoms with Crippen LogP contribution in [-0.4, -0.2) is 53.4 Å². The highest BCUT2D eigenvalue weighted by atomic mass is 32.2. The van der Waals surface area contributed by atoms with E-state index in [1.54, 1.807) is 31.2 Å². The molecule has 2 atom stereocenters. The molecular formula is C24H28FN3O9S2. The molecule has 1 saturated heterocycles. The standard InChI is InChI=1S/C24H28FN3O9S2/c1-16(13-23(29)36-38(26,31)32)24(30)37-39(33,34)27-17(2)19-5-3-18(4-6-19)14-28-11-12-35-22(15-28)20-7-9-21(25)10-8-20/h3-10,13,17,22,27H,11-12,14-15H2,1-2H3,(H2,26,31,32)/b16-13-/t17-,22-/m1/s1. The van der Waals surface area contributed by atoms with E-state index in [2.05, 4.69) is 23.1 Å². The Bertz CT molecular complexity index is 1430. The first-order chi connectivity index (χ1) is 18.2. The zero-order chi connectivity index (χ0) is 28.8. The summed E-state index contributed by atoms with van der Waals surface area (Å²) < 4.78 is 75.6. The van der Waals surface area contributed by atoms with Crippen LogP contribution >= 0.6 is 0 Å². The number of hydrogen-bond donors (Lipinski definition) is 2. The molecule has 39 heavy (non-hydrogen) atoms. The molecule has 2 aromatic rings. The lowest BCUT2D eigenvalue weighted by Crippen LogP contribution is -2.37. The van der Waals surface area contributed by atoms with Crippen molar-refractivity contribution < 1.29 is 43.9 Å². The van der Waals surface area contributed by atoms with Crippen molar-refractivity contribution in [3.05, 3.63) is 82.7 Å². The summed E-state index contributed by atoms with van der Waals surface area (Å²) in [5, 5.41) is 4.55. The zero-order valence-electron chi connectivity index (χ0n) is 21.1. The largest absolute Gasteiger partial charge is 0.385 e. The van der Waals surface area contributed by atoms with Crippen LogP contribution in [0, 0.1) is 5.82 Å². The average Bonchev–Trinajstić information content (AvgIpc) is 2.83. The summed E-state index contributed by atoms with van der Waals surface area (Å²) in [6.07, 6.45) is 0.259. The third kappa shape index (κ3) is 9.80. The van der Waals surface area contributed by atoms with Crippen molar-refractivity contribution in [3.8, 4) is 0 Å². The minimum absolute atomic E-state index is 0.173. The fraction of sp³-hybridized carbons (Fsp3) is 0.333. The zero-order valence-corrected chi connectivity index (χ0v) is 22.7. The summed E-state index contributed by atoms with van der Waals surface area (Å²) in [5.41, 5.74) is 1.93. The number of nitrogens with zero attached hydrogens (tertiary/aromatic N) is 1. The molecule has 2 aromatic carbocycles. The van der Waals surface area contributed by atoms with Crippen LogP contribution in [0.3, 0.4) is 0 Å². The molecule has 0 aromatic heterocycles. The lowest BCUT2D eigenvalue weighted by molar-refractivity contribution is -0.132. The number of nitrogens with one attached hydrogen (secondary N) is 1. The van der Waals surface area contributed by atoms with Crippen LogP contribution in [0.1, 0.15) is 42.7 Å². The summed E-state index contributed by atoms with van der Waals surface area (Å²) in [6, 6.07) is 12.6. The Labute approximate surface area is 226 Å². The van der Waals surface area contributed by atoms with E-state index in [0.29, 0.717) is 37.9 Å². The van der Waals surface area contributed by atoms with Crippen molar-refractivity contribution in [1.82, 2.24) is 9.62 Å². The molecule has 0 amide bonds. The monoisotopic (exact) mass is 585 g/mol. The van der Waals surface area contributed by atoms with Gasteiger partial charge in [0.15, 0.2) is 0 Å². The first-order valence-corrected chi connectivity index (χ1v) is 14.5. The molecule has 0 bridgehead atoms. The molecule has 0 aliphatic carbocycles. The molecule has 3 N–H and O–H groups in total. The first-order valence-electron chi connectivity index (χ1n) is 11.6. The molecule has 0 unspecified atom stereocenters. The number of morpholine rings is 1. The molecule has 0 radical (unpaired) electrons. The van der Waals surface area contributed by atoms with Crippen molar-refractivity contribution in [1.29, 1.82) is 0 Å². The SMILES string of the molecule is C/C(=C/C(=O)OS(N)(=O)=O)C(=O)OS(=O)(=O)N[C@H](C)c1ccc(CN2CCO[C@@H](c3ccc(F)cc3)C2)cc1. The normalized spacial score (nSPS) is 17.8. The molecule has 15 heteroatoms. The van der Waals surface area contributed by atoms with Gasteiger partial charge in [-0.1, -0.05) is 36.4 Å². The number of nitrogens with two attached hydrogens (primary N) is 1. The molecule has 1 aliphatic rings. The summed E-state index contributed by atoms with van der Waals surface area (Å²) in [6.45, 7) is 5.07. The maximum absolute atomic E-state index is 13.2. The Morgan fingerprint density at radius 3 is 2.38 bits per heavy atom. The van der Waals surface area contributed by atoms with Gasteiger partial charge in [0.25, 0.3) is 0 Å². The Hall–Kier alpha value is -3.21. The topological polar surface area (TPSA) is 171 Å². The van der Waals surface area contributed by atoms with Gasteiger partial charge >= 0.3 is 32.5 Å². The maximum atomic E-state index is 13.2. The molecular weight excluding hydrogens is 557 g/mol. The van der Waals surface area contributed by atoms with E-state index in [-0.39, 0.29) is 11.9 Å². The molecule has 1 heterocycles. The molecule has 12 nitrogen and oxygen atoms in total. The summed E-state index contributed by atoms with van der Waals surface area (Å²) in [4.78, 5) is 25.6. The van der Waals surface area contributed by atoms with Gasteiger partial charge in [-0.15, -0.1) is 0 Å². The van der Waals surface area contributed by atoms with Crippen LogP contribution in [0.4, 0.5) is 4.39 Å². The van der Waals surface area contributed by atoms with Gasteiger partial charge in [-0.05, 0) is 42.7 Å². The van der Waals surface area contributed by atoms with Gasteiger partial charge in [-0.3, -0.25) is 4.90 Å². The van der Waals surface area contributed by atoms with E-state index in [1.165, 1.54) is 12.1 Å². The second kappa shape index (κ2) is 12.8. The van der Waals surface area contributed by atoms with Gasteiger partial charge in [0.05, 0.1) is 12.7 Å². The third-order valence-corrected chi connectivity index (χ3v) is 7.05. The number of carbonyl (C=O) groups is 2. The van der Waals surface area contributed by atoms with Crippen molar-refractivity contribution in [2.75, 3.05) is 19.7 Å². The van der Waals surface area contributed by atoms with E-state index in [1.807, 2.05) is 12.1 Å². The maximum Gasteiger partial charge on any atom is 0.385 e. The highest BCUT2D eigenvalue weighted by Crippen LogP contribution is 2.24. The first kappa shape index (κ1) is 30.3. The van der Waals surface area contributed by atoms with Gasteiger partial charge in [0.1, 0.15) is 5.82 Å². The van der Waals surface area contributed by atoms with Crippen LogP contribution in [0.25, 0.3) is 0 Å². The van der Waals surface area contributed by atoms with Gasteiger partial charge in [0.2, 0.25) is 0 Å². The third-order valence-electron chi connectivity index (χ3n) is 5.64. The van der Waals surface area contributed by atoms with Crippen molar-refractivity contribution in [2.45, 2.75) is 32.5 Å². The van der Waals surface area contributed by atoms with E-state index < -0.39 is 44.2 Å². The lowest BCUT2D eigenvalue weighted by Gasteiger charge is -2.33. The minimum Gasteiger partial charge on any atom is -0.371 e. The van der Waals surface area contributed by atoms with E-state index in [4.69, 9.17) is 4.74 Å². The molecule has 3 rings (SSSR count). The lowest BCUT2D eigenvalue weighted by atomic mass is 10.1. The molecule has 0 saturated carbocycles. The van der Waals surface area contributed by atoms with Crippen LogP contribution in [-0.2, 0) is 49.8 Å². The Balaban J connectivity index is 1.55. The highest BCUT2D eigenvalue weighted by molar-refractivity contribution is 7.85. The van der Waals surface area contributed by atoms with Crippen LogP contribution in [0.2, 0.25) is 0 Å². The summed E-state index contributed by atoms with van der Waals surface area (Å²) in [5.74, 6) is -3.22. The Morgan fingerprint density at radius 2 is 1.77 bits per heavy atom. The number of carbonyl (C=O) groups excluding carboxylic acids is 2. The number of halogens is 1. The molecule has 0 spiro atoms. The highest BCUT2D eigenvalue weighted by Gasteiger charge is 2.24. The fourth-order valence-electron chi connectivity index (χ4n) is 3.74. The van der Waals surface area contributed by atoms with Gasteiger partial charge in [-0.25, -0.2) is 14.0 Å². The minimum atomic E-state index is -4.60. The summed E-state index contributed by atoms with van der Waals surface area (Å²) >= 11 is 0. The van der Waals surface area contributed by atoms with Crippen molar-refractivity contribution in [3.63, 3.8) is 0 Å². The molecule has 1 fully saturated rings. The fourth-order valence-corrected chi connectivity index (χ4v) is 4.97. The quantitative estimate of drug-likeness (QED) is 0.390. The van der Waals surface area contributed by atoms with Crippen LogP contribution in [0.15, 0.2) is 60.2 Å². The van der Waals surface area contributed by atoms with Gasteiger partial charge in [0, 0.05) is 37.3 Å². The van der Waals surface area contributed by atoms with Gasteiger partial charge < -0.3 is 13.1 Å². The van der Waals surface area contributed by atoms with Crippen LogP contribution in [0.5, 0.6) is 0 Å². The Morgan fingerprint density at radius 1 is 1.13 bits per heavy atom. The Kier molecular flexibility index (Phi) is 9.93. The molecule has 1 aliphatic heterocycles. The predicted molar refractivity (Wildman–Crippen MR) is 136 cm³/mol. The summed E-state index contributed by atoms with van der Waals surface area (Å²) in [7, 11) is -9.19. The number of hydrogen-bond acceptors (Lipinski definition) is 10. The van der Waals surface area contributed by atoms with E-state index in [9.17, 15) is 30.8 Å². The second-order valence-electron chi connectivity index (χ2n) is 8.77. The van der Waals surface area contributed by atoms with Crippen LogP contribution < -0.4 is 9.86 Å². The second-order valence-corrected chi connectivity index (χ2v) is 11.2. The van der Waals surface area contributed by atoms with Gasteiger partial charge in [-0.2, -0.15) is 26.7 Å². The number of ether oxygens (including phenoxy) is 1. The van der Waals surface area contributed by atoms with E-state index >= 15 is 0 Å². The van der Waals surface area contributed by atoms with Crippen molar-refractivity contribution in [2.24, 2.45) is 5.14 Å². The smallest absolute Gasteiger partial charge is 0.371 e.